The number of benzene rings is 1. The Morgan fingerprint density at radius 2 is 1.92 bits per heavy atom. The molecule has 0 atom stereocenters. The molecule has 0 saturated carbocycles. The van der Waals surface area contributed by atoms with Gasteiger partial charge in [-0.05, 0) is 46.2 Å². The standard InChI is InChI=1S/C10H6Br2S/c11-8-1-2-10(12)9(5-8)7-3-4-13-6-7/h1-6H. The summed E-state index contributed by atoms with van der Waals surface area (Å²) in [5.74, 6) is 0. The average Bonchev–Trinajstić information content (AvgIpc) is 2.61. The van der Waals surface area contributed by atoms with E-state index in [0.717, 1.165) is 8.95 Å². The van der Waals surface area contributed by atoms with Gasteiger partial charge in [0, 0.05) is 8.95 Å². The first-order valence-electron chi connectivity index (χ1n) is 3.75. The van der Waals surface area contributed by atoms with Crippen molar-refractivity contribution in [2.24, 2.45) is 0 Å². The third kappa shape index (κ3) is 2.03. The van der Waals surface area contributed by atoms with E-state index in [4.69, 9.17) is 0 Å². The van der Waals surface area contributed by atoms with Crippen LogP contribution in [0.25, 0.3) is 11.1 Å². The van der Waals surface area contributed by atoms with Crippen LogP contribution < -0.4 is 0 Å². The Bertz CT molecular complexity index is 407. The van der Waals surface area contributed by atoms with Crippen LogP contribution in [-0.2, 0) is 0 Å². The molecule has 0 N–H and O–H groups in total. The molecule has 2 aromatic rings. The van der Waals surface area contributed by atoms with Gasteiger partial charge in [0.2, 0.25) is 0 Å². The minimum atomic E-state index is 1.11. The largest absolute Gasteiger partial charge is 0.152 e. The van der Waals surface area contributed by atoms with E-state index >= 15 is 0 Å². The van der Waals surface area contributed by atoms with Gasteiger partial charge in [0.15, 0.2) is 0 Å². The summed E-state index contributed by atoms with van der Waals surface area (Å²) in [5, 5.41) is 4.23. The zero-order valence-electron chi connectivity index (χ0n) is 6.63. The molecule has 2 rings (SSSR count). The van der Waals surface area contributed by atoms with Gasteiger partial charge in [0.05, 0.1) is 0 Å². The summed E-state index contributed by atoms with van der Waals surface area (Å²) in [5.41, 5.74) is 2.49. The monoisotopic (exact) mass is 316 g/mol. The smallest absolute Gasteiger partial charge is 0.0254 e. The van der Waals surface area contributed by atoms with Gasteiger partial charge in [-0.2, -0.15) is 11.3 Å². The molecule has 0 aliphatic heterocycles. The van der Waals surface area contributed by atoms with Crippen molar-refractivity contribution >= 4 is 43.2 Å². The van der Waals surface area contributed by atoms with Gasteiger partial charge in [-0.25, -0.2) is 0 Å². The maximum Gasteiger partial charge on any atom is 0.0254 e. The Kier molecular flexibility index (Phi) is 2.86. The van der Waals surface area contributed by atoms with E-state index in [0.29, 0.717) is 0 Å². The van der Waals surface area contributed by atoms with E-state index < -0.39 is 0 Å². The van der Waals surface area contributed by atoms with E-state index in [1.165, 1.54) is 11.1 Å². The first-order chi connectivity index (χ1) is 6.27. The van der Waals surface area contributed by atoms with Crippen molar-refractivity contribution < 1.29 is 0 Å². The second kappa shape index (κ2) is 3.95. The lowest BCUT2D eigenvalue weighted by Gasteiger charge is -2.01. The molecule has 0 fully saturated rings. The number of hydrogen-bond acceptors (Lipinski definition) is 1. The van der Waals surface area contributed by atoms with Crippen molar-refractivity contribution in [3.05, 3.63) is 44.0 Å². The third-order valence-electron chi connectivity index (χ3n) is 1.76. The fourth-order valence-corrected chi connectivity index (χ4v) is 2.63. The molecule has 0 spiro atoms. The highest BCUT2D eigenvalue weighted by atomic mass is 79.9. The molecular weight excluding hydrogens is 312 g/mol. The summed E-state index contributed by atoms with van der Waals surface area (Å²) < 4.78 is 2.24. The zero-order valence-corrected chi connectivity index (χ0v) is 10.6. The lowest BCUT2D eigenvalue weighted by atomic mass is 10.1. The van der Waals surface area contributed by atoms with Crippen LogP contribution in [0.4, 0.5) is 0 Å². The van der Waals surface area contributed by atoms with Crippen LogP contribution in [0, 0.1) is 0 Å². The summed E-state index contributed by atoms with van der Waals surface area (Å²) >= 11 is 8.71. The molecule has 1 aromatic carbocycles. The Morgan fingerprint density at radius 3 is 2.62 bits per heavy atom. The molecular formula is C10H6Br2S. The number of thiophene rings is 1. The van der Waals surface area contributed by atoms with Crippen LogP contribution in [-0.4, -0.2) is 0 Å². The van der Waals surface area contributed by atoms with Crippen LogP contribution in [0.2, 0.25) is 0 Å². The van der Waals surface area contributed by atoms with Crippen molar-refractivity contribution in [1.82, 2.24) is 0 Å². The second-order valence-electron chi connectivity index (χ2n) is 2.64. The fourth-order valence-electron chi connectivity index (χ4n) is 1.14. The normalized spacial score (nSPS) is 10.3. The molecule has 0 aliphatic rings. The van der Waals surface area contributed by atoms with Crippen LogP contribution in [0.1, 0.15) is 0 Å². The van der Waals surface area contributed by atoms with E-state index in [1.807, 2.05) is 6.07 Å². The van der Waals surface area contributed by atoms with E-state index in [2.05, 4.69) is 60.8 Å². The average molecular weight is 318 g/mol. The predicted octanol–water partition coefficient (Wildman–Crippen LogP) is 4.94. The molecule has 13 heavy (non-hydrogen) atoms. The zero-order chi connectivity index (χ0) is 9.26. The van der Waals surface area contributed by atoms with E-state index in [9.17, 15) is 0 Å². The van der Waals surface area contributed by atoms with Gasteiger partial charge in [-0.3, -0.25) is 0 Å². The second-order valence-corrected chi connectivity index (χ2v) is 5.19. The quantitative estimate of drug-likeness (QED) is 0.699. The molecule has 0 unspecified atom stereocenters. The Labute approximate surface area is 97.9 Å². The van der Waals surface area contributed by atoms with Gasteiger partial charge >= 0.3 is 0 Å². The molecule has 0 aliphatic carbocycles. The Balaban J connectivity index is 2.57. The van der Waals surface area contributed by atoms with E-state index in [1.54, 1.807) is 11.3 Å². The molecule has 0 radical (unpaired) electrons. The van der Waals surface area contributed by atoms with Gasteiger partial charge in [-0.15, -0.1) is 0 Å². The van der Waals surface area contributed by atoms with Gasteiger partial charge in [-0.1, -0.05) is 31.9 Å². The number of hydrogen-bond donors (Lipinski definition) is 0. The van der Waals surface area contributed by atoms with E-state index in [-0.39, 0.29) is 0 Å². The predicted molar refractivity (Wildman–Crippen MR) is 65.2 cm³/mol. The SMILES string of the molecule is Brc1ccc(Br)c(-c2ccsc2)c1. The summed E-state index contributed by atoms with van der Waals surface area (Å²) in [6.07, 6.45) is 0. The highest BCUT2D eigenvalue weighted by Gasteiger charge is 2.03. The molecule has 0 nitrogen and oxygen atoms in total. The summed E-state index contributed by atoms with van der Waals surface area (Å²) in [4.78, 5) is 0. The van der Waals surface area contributed by atoms with Crippen LogP contribution in [0.5, 0.6) is 0 Å². The third-order valence-corrected chi connectivity index (χ3v) is 3.63. The van der Waals surface area contributed by atoms with Crippen molar-refractivity contribution in [1.29, 1.82) is 0 Å². The summed E-state index contributed by atoms with van der Waals surface area (Å²) in [6.45, 7) is 0. The fraction of sp³-hybridized carbons (Fsp3) is 0. The van der Waals surface area contributed by atoms with Crippen molar-refractivity contribution in [3.8, 4) is 11.1 Å². The summed E-state index contributed by atoms with van der Waals surface area (Å²) in [7, 11) is 0. The van der Waals surface area contributed by atoms with Gasteiger partial charge in [0.25, 0.3) is 0 Å². The lowest BCUT2D eigenvalue weighted by molar-refractivity contribution is 1.59. The molecule has 66 valence electrons. The maximum absolute atomic E-state index is 3.54. The molecule has 1 aromatic heterocycles. The van der Waals surface area contributed by atoms with Crippen LogP contribution >= 0.6 is 43.2 Å². The molecule has 0 amide bonds. The number of rotatable bonds is 1. The highest BCUT2D eigenvalue weighted by molar-refractivity contribution is 9.11. The lowest BCUT2D eigenvalue weighted by Crippen LogP contribution is -1.76. The molecule has 0 saturated heterocycles. The summed E-state index contributed by atoms with van der Waals surface area (Å²) in [6, 6.07) is 8.32. The first-order valence-corrected chi connectivity index (χ1v) is 6.28. The Morgan fingerprint density at radius 1 is 1.08 bits per heavy atom. The molecule has 0 bridgehead atoms. The molecule has 1 heterocycles. The van der Waals surface area contributed by atoms with Gasteiger partial charge in [0.1, 0.15) is 0 Å². The van der Waals surface area contributed by atoms with Crippen molar-refractivity contribution in [2.45, 2.75) is 0 Å². The van der Waals surface area contributed by atoms with Gasteiger partial charge < -0.3 is 0 Å². The minimum Gasteiger partial charge on any atom is -0.152 e. The van der Waals surface area contributed by atoms with Crippen molar-refractivity contribution in [2.75, 3.05) is 0 Å². The molecule has 3 heteroatoms. The highest BCUT2D eigenvalue weighted by Crippen LogP contribution is 2.31. The van der Waals surface area contributed by atoms with Crippen LogP contribution in [0.3, 0.4) is 0 Å². The number of halogens is 2. The van der Waals surface area contributed by atoms with Crippen LogP contribution in [0.15, 0.2) is 44.0 Å². The van der Waals surface area contributed by atoms with Crippen molar-refractivity contribution in [3.63, 3.8) is 0 Å². The Hall–Kier alpha value is -0.120. The minimum absolute atomic E-state index is 1.11. The maximum atomic E-state index is 3.54. The topological polar surface area (TPSA) is 0 Å². The first kappa shape index (κ1) is 9.44.